The number of carbonyl (C=O) groups is 1. The van der Waals surface area contributed by atoms with Gasteiger partial charge in [0, 0.05) is 6.42 Å². The first kappa shape index (κ1) is 10.5. The lowest BCUT2D eigenvalue weighted by Gasteiger charge is -2.07. The molecule has 0 aliphatic carbocycles. The number of Topliss-reactive ketones (excluding diaryl/α,β-unsaturated/α-hetero) is 1. The zero-order valence-electron chi connectivity index (χ0n) is 8.50. The maximum absolute atomic E-state index is 11.0. The Morgan fingerprint density at radius 2 is 2.07 bits per heavy atom. The van der Waals surface area contributed by atoms with Crippen LogP contribution in [-0.4, -0.2) is 5.78 Å². The summed E-state index contributed by atoms with van der Waals surface area (Å²) in [6.45, 7) is 3.54. The van der Waals surface area contributed by atoms with E-state index in [4.69, 9.17) is 5.26 Å². The van der Waals surface area contributed by atoms with Crippen molar-refractivity contribution in [3.8, 4) is 6.07 Å². The summed E-state index contributed by atoms with van der Waals surface area (Å²) < 4.78 is 0. The third-order valence-electron chi connectivity index (χ3n) is 2.27. The lowest BCUT2D eigenvalue weighted by molar-refractivity contribution is -0.116. The molecule has 0 saturated carbocycles. The van der Waals surface area contributed by atoms with Gasteiger partial charge in [-0.1, -0.05) is 18.2 Å². The molecule has 0 heterocycles. The summed E-state index contributed by atoms with van der Waals surface area (Å²) >= 11 is 0. The van der Waals surface area contributed by atoms with Crippen LogP contribution in [0.4, 0.5) is 0 Å². The predicted octanol–water partition coefficient (Wildman–Crippen LogP) is 2.19. The van der Waals surface area contributed by atoms with Crippen LogP contribution in [0.25, 0.3) is 0 Å². The maximum atomic E-state index is 11.0. The van der Waals surface area contributed by atoms with E-state index in [0.717, 1.165) is 16.7 Å². The number of ketones is 1. The van der Waals surface area contributed by atoms with E-state index < -0.39 is 0 Å². The number of rotatable bonds is 3. The molecule has 0 N–H and O–H groups in total. The highest BCUT2D eigenvalue weighted by molar-refractivity contribution is 5.78. The molecular weight excluding hydrogens is 174 g/mol. The molecule has 0 bridgehead atoms. The first-order valence-corrected chi connectivity index (χ1v) is 4.59. The summed E-state index contributed by atoms with van der Waals surface area (Å²) in [6, 6.07) is 7.90. The Bertz CT molecular complexity index is 388. The average Bonchev–Trinajstić information content (AvgIpc) is 2.11. The second-order valence-corrected chi connectivity index (χ2v) is 3.41. The highest BCUT2D eigenvalue weighted by atomic mass is 16.1. The van der Waals surface area contributed by atoms with Gasteiger partial charge in [-0.3, -0.25) is 4.79 Å². The maximum Gasteiger partial charge on any atom is 0.134 e. The van der Waals surface area contributed by atoms with Crippen LogP contribution in [0.2, 0.25) is 0 Å². The summed E-state index contributed by atoms with van der Waals surface area (Å²) in [5, 5.41) is 8.60. The molecule has 0 radical (unpaired) electrons. The Labute approximate surface area is 84.2 Å². The van der Waals surface area contributed by atoms with Gasteiger partial charge in [0.1, 0.15) is 5.78 Å². The highest BCUT2D eigenvalue weighted by Crippen LogP contribution is 2.14. The Hall–Kier alpha value is -1.62. The van der Waals surface area contributed by atoms with Gasteiger partial charge in [-0.15, -0.1) is 0 Å². The molecule has 0 spiro atoms. The van der Waals surface area contributed by atoms with Gasteiger partial charge in [0.2, 0.25) is 0 Å². The van der Waals surface area contributed by atoms with E-state index in [1.165, 1.54) is 0 Å². The molecule has 0 aliphatic rings. The summed E-state index contributed by atoms with van der Waals surface area (Å²) in [7, 11) is 0. The van der Waals surface area contributed by atoms with Gasteiger partial charge in [-0.2, -0.15) is 5.26 Å². The Morgan fingerprint density at radius 3 is 2.64 bits per heavy atom. The molecule has 0 aliphatic heterocycles. The van der Waals surface area contributed by atoms with Crippen molar-refractivity contribution in [3.05, 3.63) is 34.9 Å². The van der Waals surface area contributed by atoms with E-state index in [1.807, 2.05) is 25.1 Å². The molecule has 1 rings (SSSR count). The zero-order valence-corrected chi connectivity index (χ0v) is 8.50. The van der Waals surface area contributed by atoms with Crippen LogP contribution in [0.3, 0.4) is 0 Å². The first-order valence-electron chi connectivity index (χ1n) is 4.59. The zero-order chi connectivity index (χ0) is 10.6. The van der Waals surface area contributed by atoms with Gasteiger partial charge in [0.15, 0.2) is 0 Å². The lowest BCUT2D eigenvalue weighted by atomic mass is 9.97. The lowest BCUT2D eigenvalue weighted by Crippen LogP contribution is -2.01. The highest BCUT2D eigenvalue weighted by Gasteiger charge is 2.05. The van der Waals surface area contributed by atoms with Crippen molar-refractivity contribution in [1.82, 2.24) is 0 Å². The summed E-state index contributed by atoms with van der Waals surface area (Å²) in [5.41, 5.74) is 3.13. The number of nitrogens with zero attached hydrogens (tertiary/aromatic N) is 1. The third kappa shape index (κ3) is 2.43. The molecule has 0 unspecified atom stereocenters. The molecule has 0 amide bonds. The predicted molar refractivity (Wildman–Crippen MR) is 54.9 cm³/mol. The molecule has 2 heteroatoms. The first-order chi connectivity index (χ1) is 6.65. The van der Waals surface area contributed by atoms with E-state index >= 15 is 0 Å². The van der Waals surface area contributed by atoms with Crippen molar-refractivity contribution in [2.45, 2.75) is 26.7 Å². The normalized spacial score (nSPS) is 9.50. The van der Waals surface area contributed by atoms with Gasteiger partial charge < -0.3 is 0 Å². The van der Waals surface area contributed by atoms with Crippen molar-refractivity contribution < 1.29 is 4.79 Å². The minimum Gasteiger partial charge on any atom is -0.300 e. The van der Waals surface area contributed by atoms with Gasteiger partial charge in [-0.25, -0.2) is 0 Å². The van der Waals surface area contributed by atoms with Crippen LogP contribution < -0.4 is 0 Å². The minimum absolute atomic E-state index is 0.155. The molecule has 0 atom stereocenters. The number of carbonyl (C=O) groups excluding carboxylic acids is 1. The van der Waals surface area contributed by atoms with Crippen LogP contribution >= 0.6 is 0 Å². The van der Waals surface area contributed by atoms with Crippen LogP contribution in [0.5, 0.6) is 0 Å². The smallest absolute Gasteiger partial charge is 0.134 e. The van der Waals surface area contributed by atoms with Gasteiger partial charge in [0.25, 0.3) is 0 Å². The van der Waals surface area contributed by atoms with Crippen molar-refractivity contribution in [1.29, 1.82) is 5.26 Å². The second kappa shape index (κ2) is 4.57. The standard InChI is InChI=1S/C12H13NO/c1-9(14)8-12-5-3-4-11(6-7-13)10(12)2/h3-5H,6,8H2,1-2H3. The second-order valence-electron chi connectivity index (χ2n) is 3.41. The summed E-state index contributed by atoms with van der Waals surface area (Å²) in [6.07, 6.45) is 0.878. The van der Waals surface area contributed by atoms with Crippen molar-refractivity contribution in [2.75, 3.05) is 0 Å². The average molecular weight is 187 g/mol. The van der Waals surface area contributed by atoms with Gasteiger partial charge in [-0.05, 0) is 30.5 Å². The monoisotopic (exact) mass is 187 g/mol. The Morgan fingerprint density at radius 1 is 1.43 bits per heavy atom. The largest absolute Gasteiger partial charge is 0.300 e. The Kier molecular flexibility index (Phi) is 3.41. The number of nitriles is 1. The number of hydrogen-bond donors (Lipinski definition) is 0. The van der Waals surface area contributed by atoms with Crippen molar-refractivity contribution >= 4 is 5.78 Å². The molecule has 1 aromatic rings. The van der Waals surface area contributed by atoms with E-state index in [-0.39, 0.29) is 5.78 Å². The summed E-state index contributed by atoms with van der Waals surface area (Å²) in [4.78, 5) is 11.0. The van der Waals surface area contributed by atoms with Crippen molar-refractivity contribution in [3.63, 3.8) is 0 Å². The fourth-order valence-electron chi connectivity index (χ4n) is 1.47. The van der Waals surface area contributed by atoms with Crippen molar-refractivity contribution in [2.24, 2.45) is 0 Å². The third-order valence-corrected chi connectivity index (χ3v) is 2.27. The van der Waals surface area contributed by atoms with Crippen LogP contribution in [0.1, 0.15) is 23.6 Å². The van der Waals surface area contributed by atoms with E-state index in [1.54, 1.807) is 6.92 Å². The summed E-state index contributed by atoms with van der Waals surface area (Å²) in [5.74, 6) is 0.155. The molecule has 2 nitrogen and oxygen atoms in total. The van der Waals surface area contributed by atoms with Gasteiger partial charge >= 0.3 is 0 Å². The van der Waals surface area contributed by atoms with Crippen LogP contribution in [0.15, 0.2) is 18.2 Å². The molecule has 72 valence electrons. The fourth-order valence-corrected chi connectivity index (χ4v) is 1.47. The minimum atomic E-state index is 0.155. The SMILES string of the molecule is CC(=O)Cc1cccc(CC#N)c1C. The molecule has 1 aromatic carbocycles. The van der Waals surface area contributed by atoms with E-state index in [9.17, 15) is 4.79 Å². The van der Waals surface area contributed by atoms with E-state index in [0.29, 0.717) is 12.8 Å². The van der Waals surface area contributed by atoms with E-state index in [2.05, 4.69) is 6.07 Å². The molecule has 0 aromatic heterocycles. The molecular formula is C12H13NO. The number of hydrogen-bond acceptors (Lipinski definition) is 2. The molecule has 0 fully saturated rings. The topological polar surface area (TPSA) is 40.9 Å². The van der Waals surface area contributed by atoms with Gasteiger partial charge in [0.05, 0.1) is 12.5 Å². The number of benzene rings is 1. The molecule has 14 heavy (non-hydrogen) atoms. The van der Waals surface area contributed by atoms with Crippen LogP contribution in [0, 0.1) is 18.3 Å². The van der Waals surface area contributed by atoms with Crippen LogP contribution in [-0.2, 0) is 17.6 Å². The molecule has 0 saturated heterocycles. The fraction of sp³-hybridized carbons (Fsp3) is 0.333. The quantitative estimate of drug-likeness (QED) is 0.727. The Balaban J connectivity index is 3.02.